The monoisotopic (exact) mass is 363 g/mol. The molecule has 0 unspecified atom stereocenters. The number of nitrogens with one attached hydrogen (secondary N) is 1. The number of halogens is 1. The second-order valence-corrected chi connectivity index (χ2v) is 7.30. The Morgan fingerprint density at radius 1 is 1.12 bits per heavy atom. The summed E-state index contributed by atoms with van der Waals surface area (Å²) in [4.78, 5) is 13.4. The molecule has 24 heavy (non-hydrogen) atoms. The number of thioether (sulfide) groups is 1. The molecule has 0 aliphatic heterocycles. The van der Waals surface area contributed by atoms with Crippen molar-refractivity contribution in [3.63, 3.8) is 0 Å². The largest absolute Gasteiger partial charge is 0.494 e. The summed E-state index contributed by atoms with van der Waals surface area (Å²) in [5, 5.41) is 3.56. The van der Waals surface area contributed by atoms with Crippen LogP contribution in [-0.4, -0.2) is 17.8 Å². The van der Waals surface area contributed by atoms with Gasteiger partial charge in [-0.05, 0) is 62.7 Å². The van der Waals surface area contributed by atoms with E-state index in [4.69, 9.17) is 16.3 Å². The molecule has 0 fully saturated rings. The Labute approximate surface area is 152 Å². The van der Waals surface area contributed by atoms with E-state index in [-0.39, 0.29) is 17.2 Å². The SMILES string of the molecule is CCOc1ccc([C@@H](C)NC(=O)[C@H](C)Sc2ccc(Cl)cc2)cc1. The number of hydrogen-bond donors (Lipinski definition) is 1. The van der Waals surface area contributed by atoms with Crippen LogP contribution in [0.15, 0.2) is 53.4 Å². The van der Waals surface area contributed by atoms with E-state index in [9.17, 15) is 4.79 Å². The Hall–Kier alpha value is -1.65. The average Bonchev–Trinajstić information content (AvgIpc) is 2.57. The van der Waals surface area contributed by atoms with Crippen LogP contribution in [0.4, 0.5) is 0 Å². The second-order valence-electron chi connectivity index (χ2n) is 5.45. The van der Waals surface area contributed by atoms with Gasteiger partial charge in [-0.15, -0.1) is 11.8 Å². The highest BCUT2D eigenvalue weighted by atomic mass is 35.5. The van der Waals surface area contributed by atoms with E-state index in [1.165, 1.54) is 11.8 Å². The molecule has 0 aliphatic carbocycles. The van der Waals surface area contributed by atoms with Crippen LogP contribution < -0.4 is 10.1 Å². The molecule has 0 saturated carbocycles. The second kappa shape index (κ2) is 9.00. The number of hydrogen-bond acceptors (Lipinski definition) is 3. The number of rotatable bonds is 7. The van der Waals surface area contributed by atoms with E-state index >= 15 is 0 Å². The predicted octanol–water partition coefficient (Wildman–Crippen LogP) is 5.10. The summed E-state index contributed by atoms with van der Waals surface area (Å²) in [5.74, 6) is 0.850. The molecule has 2 rings (SSSR count). The molecule has 0 heterocycles. The third-order valence-electron chi connectivity index (χ3n) is 3.55. The van der Waals surface area contributed by atoms with Crippen LogP contribution in [0, 0.1) is 0 Å². The van der Waals surface area contributed by atoms with Gasteiger partial charge < -0.3 is 10.1 Å². The molecule has 0 aliphatic rings. The Balaban J connectivity index is 1.91. The Morgan fingerprint density at radius 2 is 1.75 bits per heavy atom. The third-order valence-corrected chi connectivity index (χ3v) is 4.91. The molecule has 0 bridgehead atoms. The molecular formula is C19H22ClNO2S. The van der Waals surface area contributed by atoms with Crippen LogP contribution in [-0.2, 0) is 4.79 Å². The van der Waals surface area contributed by atoms with Gasteiger partial charge in [-0.3, -0.25) is 4.79 Å². The smallest absolute Gasteiger partial charge is 0.233 e. The lowest BCUT2D eigenvalue weighted by atomic mass is 10.1. The van der Waals surface area contributed by atoms with Crippen molar-refractivity contribution in [2.45, 2.75) is 37.0 Å². The maximum Gasteiger partial charge on any atom is 0.233 e. The third kappa shape index (κ3) is 5.46. The van der Waals surface area contributed by atoms with Gasteiger partial charge in [-0.25, -0.2) is 0 Å². The maximum absolute atomic E-state index is 12.4. The first-order chi connectivity index (χ1) is 11.5. The molecule has 2 aromatic carbocycles. The normalized spacial score (nSPS) is 13.2. The van der Waals surface area contributed by atoms with Crippen molar-refractivity contribution in [3.8, 4) is 5.75 Å². The highest BCUT2D eigenvalue weighted by Gasteiger charge is 2.17. The standard InChI is InChI=1S/C19H22ClNO2S/c1-4-23-17-9-5-15(6-10-17)13(2)21-19(22)14(3)24-18-11-7-16(20)8-12-18/h5-14H,4H2,1-3H3,(H,21,22)/t13-,14+/m1/s1. The molecule has 2 aromatic rings. The highest BCUT2D eigenvalue weighted by Crippen LogP contribution is 2.25. The van der Waals surface area contributed by atoms with Crippen LogP contribution in [0.5, 0.6) is 5.75 Å². The number of benzene rings is 2. The van der Waals surface area contributed by atoms with Gasteiger partial charge in [0.05, 0.1) is 17.9 Å². The zero-order valence-corrected chi connectivity index (χ0v) is 15.7. The number of carbonyl (C=O) groups is 1. The van der Waals surface area contributed by atoms with Gasteiger partial charge in [0.2, 0.25) is 5.91 Å². The number of amides is 1. The van der Waals surface area contributed by atoms with E-state index in [1.807, 2.05) is 69.3 Å². The lowest BCUT2D eigenvalue weighted by Gasteiger charge is -2.18. The van der Waals surface area contributed by atoms with Gasteiger partial charge in [0.1, 0.15) is 5.75 Å². The summed E-state index contributed by atoms with van der Waals surface area (Å²) >= 11 is 7.40. The lowest BCUT2D eigenvalue weighted by molar-refractivity contribution is -0.120. The van der Waals surface area contributed by atoms with E-state index in [1.54, 1.807) is 0 Å². The molecular weight excluding hydrogens is 342 g/mol. The van der Waals surface area contributed by atoms with Crippen molar-refractivity contribution in [1.29, 1.82) is 0 Å². The van der Waals surface area contributed by atoms with Crippen LogP contribution >= 0.6 is 23.4 Å². The van der Waals surface area contributed by atoms with Gasteiger partial charge >= 0.3 is 0 Å². The molecule has 128 valence electrons. The number of ether oxygens (including phenoxy) is 1. The fraction of sp³-hybridized carbons (Fsp3) is 0.316. The first-order valence-electron chi connectivity index (χ1n) is 7.95. The van der Waals surface area contributed by atoms with Crippen LogP contribution in [0.25, 0.3) is 0 Å². The Kier molecular flexibility index (Phi) is 7.00. The summed E-state index contributed by atoms with van der Waals surface area (Å²) in [6, 6.07) is 15.3. The zero-order valence-electron chi connectivity index (χ0n) is 14.1. The topological polar surface area (TPSA) is 38.3 Å². The van der Waals surface area contributed by atoms with Crippen LogP contribution in [0.3, 0.4) is 0 Å². The molecule has 1 N–H and O–H groups in total. The quantitative estimate of drug-likeness (QED) is 0.696. The lowest BCUT2D eigenvalue weighted by Crippen LogP contribution is -2.33. The van der Waals surface area contributed by atoms with E-state index in [0.717, 1.165) is 16.2 Å². The van der Waals surface area contributed by atoms with Gasteiger partial charge in [-0.1, -0.05) is 23.7 Å². The average molecular weight is 364 g/mol. The highest BCUT2D eigenvalue weighted by molar-refractivity contribution is 8.00. The van der Waals surface area contributed by atoms with Crippen molar-refractivity contribution in [2.75, 3.05) is 6.61 Å². The molecule has 5 heteroatoms. The first kappa shape index (κ1) is 18.7. The first-order valence-corrected chi connectivity index (χ1v) is 9.20. The zero-order chi connectivity index (χ0) is 17.5. The van der Waals surface area contributed by atoms with Crippen molar-refractivity contribution in [2.24, 2.45) is 0 Å². The van der Waals surface area contributed by atoms with Gasteiger partial charge in [0.25, 0.3) is 0 Å². The maximum atomic E-state index is 12.4. The summed E-state index contributed by atoms with van der Waals surface area (Å²) in [7, 11) is 0. The summed E-state index contributed by atoms with van der Waals surface area (Å²) in [5.41, 5.74) is 1.05. The fourth-order valence-electron chi connectivity index (χ4n) is 2.20. The van der Waals surface area contributed by atoms with Gasteiger partial charge in [0.15, 0.2) is 0 Å². The molecule has 3 nitrogen and oxygen atoms in total. The Morgan fingerprint density at radius 3 is 2.33 bits per heavy atom. The minimum absolute atomic E-state index is 0.0105. The minimum atomic E-state index is -0.184. The van der Waals surface area contributed by atoms with E-state index in [0.29, 0.717) is 11.6 Å². The van der Waals surface area contributed by atoms with E-state index < -0.39 is 0 Å². The molecule has 0 radical (unpaired) electrons. The molecule has 0 spiro atoms. The minimum Gasteiger partial charge on any atom is -0.494 e. The predicted molar refractivity (Wildman–Crippen MR) is 101 cm³/mol. The van der Waals surface area contributed by atoms with Gasteiger partial charge in [-0.2, -0.15) is 0 Å². The van der Waals surface area contributed by atoms with Crippen molar-refractivity contribution in [1.82, 2.24) is 5.32 Å². The number of carbonyl (C=O) groups excluding carboxylic acids is 1. The molecule has 2 atom stereocenters. The molecule has 1 amide bonds. The molecule has 0 aromatic heterocycles. The van der Waals surface area contributed by atoms with Crippen molar-refractivity contribution >= 4 is 29.3 Å². The van der Waals surface area contributed by atoms with Crippen molar-refractivity contribution in [3.05, 3.63) is 59.1 Å². The van der Waals surface area contributed by atoms with Crippen LogP contribution in [0.2, 0.25) is 5.02 Å². The fourth-order valence-corrected chi connectivity index (χ4v) is 3.21. The summed E-state index contributed by atoms with van der Waals surface area (Å²) < 4.78 is 5.43. The summed E-state index contributed by atoms with van der Waals surface area (Å²) in [6.07, 6.45) is 0. The van der Waals surface area contributed by atoms with Crippen molar-refractivity contribution < 1.29 is 9.53 Å². The molecule has 0 saturated heterocycles. The van der Waals surface area contributed by atoms with Gasteiger partial charge in [0, 0.05) is 9.92 Å². The van der Waals surface area contributed by atoms with Crippen LogP contribution in [0.1, 0.15) is 32.4 Å². The van der Waals surface area contributed by atoms with E-state index in [2.05, 4.69) is 5.32 Å². The Bertz CT molecular complexity index is 658. The summed E-state index contributed by atoms with van der Waals surface area (Å²) in [6.45, 7) is 6.48.